The van der Waals surface area contributed by atoms with Crippen LogP contribution in [0.3, 0.4) is 0 Å². The molecule has 0 saturated carbocycles. The standard InChI is InChI=1S/C20H16F3N5OS/c1-10-15-8-14(9-24-17(15)28(3)27-10)26-18(29)16-11(2)25-19(30-16)12-4-6-13(7-5-12)20(21,22)23/h4-9H,1-3H3,(H,26,29). The van der Waals surface area contributed by atoms with Crippen LogP contribution < -0.4 is 5.32 Å². The Bertz CT molecular complexity index is 1260. The van der Waals surface area contributed by atoms with Crippen LogP contribution in [0.15, 0.2) is 36.5 Å². The minimum Gasteiger partial charge on any atom is -0.320 e. The summed E-state index contributed by atoms with van der Waals surface area (Å²) < 4.78 is 39.9. The second kappa shape index (κ2) is 7.21. The second-order valence-corrected chi connectivity index (χ2v) is 7.77. The van der Waals surface area contributed by atoms with Crippen LogP contribution in [-0.4, -0.2) is 25.7 Å². The van der Waals surface area contributed by atoms with Crippen LogP contribution in [0.1, 0.15) is 26.6 Å². The third kappa shape index (κ3) is 3.65. The van der Waals surface area contributed by atoms with E-state index in [1.54, 1.807) is 30.9 Å². The van der Waals surface area contributed by atoms with Gasteiger partial charge >= 0.3 is 6.18 Å². The van der Waals surface area contributed by atoms with Crippen LogP contribution >= 0.6 is 11.3 Å². The number of anilines is 1. The van der Waals surface area contributed by atoms with Gasteiger partial charge in [0.15, 0.2) is 5.65 Å². The van der Waals surface area contributed by atoms with Gasteiger partial charge in [-0.15, -0.1) is 11.3 Å². The van der Waals surface area contributed by atoms with Crippen LogP contribution in [0.5, 0.6) is 0 Å². The zero-order chi connectivity index (χ0) is 21.6. The predicted octanol–water partition coefficient (Wildman–Crippen LogP) is 4.98. The van der Waals surface area contributed by atoms with Gasteiger partial charge in [-0.1, -0.05) is 12.1 Å². The van der Waals surface area contributed by atoms with Crippen molar-refractivity contribution in [2.24, 2.45) is 7.05 Å². The molecule has 154 valence electrons. The maximum atomic E-state index is 12.8. The van der Waals surface area contributed by atoms with E-state index < -0.39 is 11.7 Å². The van der Waals surface area contributed by atoms with Crippen LogP contribution in [0.2, 0.25) is 0 Å². The van der Waals surface area contributed by atoms with Crippen LogP contribution in [0.25, 0.3) is 21.6 Å². The van der Waals surface area contributed by atoms with E-state index in [0.717, 1.165) is 34.5 Å². The number of alkyl halides is 3. The number of carbonyl (C=O) groups is 1. The molecule has 0 atom stereocenters. The van der Waals surface area contributed by atoms with E-state index in [1.807, 2.05) is 6.92 Å². The van der Waals surface area contributed by atoms with Crippen molar-refractivity contribution < 1.29 is 18.0 Å². The first kappa shape index (κ1) is 20.0. The van der Waals surface area contributed by atoms with E-state index in [4.69, 9.17) is 0 Å². The van der Waals surface area contributed by atoms with Gasteiger partial charge in [-0.3, -0.25) is 9.48 Å². The molecule has 0 radical (unpaired) electrons. The Balaban J connectivity index is 1.58. The Kier molecular flexibility index (Phi) is 4.81. The average Bonchev–Trinajstić information content (AvgIpc) is 3.21. The quantitative estimate of drug-likeness (QED) is 0.497. The number of amides is 1. The monoisotopic (exact) mass is 431 g/mol. The lowest BCUT2D eigenvalue weighted by Gasteiger charge is -2.06. The third-order valence-electron chi connectivity index (χ3n) is 4.58. The summed E-state index contributed by atoms with van der Waals surface area (Å²) in [5.41, 5.74) is 2.32. The molecule has 1 N–H and O–H groups in total. The van der Waals surface area contributed by atoms with Crippen molar-refractivity contribution in [3.05, 3.63) is 58.4 Å². The van der Waals surface area contributed by atoms with Gasteiger partial charge in [0.25, 0.3) is 5.91 Å². The summed E-state index contributed by atoms with van der Waals surface area (Å²) in [4.78, 5) is 21.8. The first-order valence-electron chi connectivity index (χ1n) is 8.89. The molecule has 0 bridgehead atoms. The van der Waals surface area contributed by atoms with Gasteiger partial charge in [-0.25, -0.2) is 9.97 Å². The van der Waals surface area contributed by atoms with Gasteiger partial charge in [0.1, 0.15) is 9.88 Å². The Morgan fingerprint density at radius 3 is 2.50 bits per heavy atom. The number of nitrogens with one attached hydrogen (secondary N) is 1. The summed E-state index contributed by atoms with van der Waals surface area (Å²) in [6, 6.07) is 6.51. The minimum absolute atomic E-state index is 0.356. The van der Waals surface area contributed by atoms with Gasteiger partial charge in [0.2, 0.25) is 0 Å². The number of thiazole rings is 1. The lowest BCUT2D eigenvalue weighted by atomic mass is 10.1. The molecule has 0 unspecified atom stereocenters. The Morgan fingerprint density at radius 1 is 1.13 bits per heavy atom. The van der Waals surface area contributed by atoms with Crippen molar-refractivity contribution in [3.8, 4) is 10.6 Å². The number of nitrogens with zero attached hydrogens (tertiary/aromatic N) is 4. The summed E-state index contributed by atoms with van der Waals surface area (Å²) >= 11 is 1.12. The number of benzene rings is 1. The molecule has 1 aromatic carbocycles. The van der Waals surface area contributed by atoms with Crippen LogP contribution in [0.4, 0.5) is 18.9 Å². The number of hydrogen-bond donors (Lipinski definition) is 1. The van der Waals surface area contributed by atoms with Gasteiger partial charge in [-0.05, 0) is 32.0 Å². The lowest BCUT2D eigenvalue weighted by Crippen LogP contribution is -2.11. The molecule has 0 aliphatic heterocycles. The molecule has 3 aromatic heterocycles. The average molecular weight is 431 g/mol. The molecular formula is C20H16F3N5OS. The molecule has 1 amide bonds. The van der Waals surface area contributed by atoms with Gasteiger partial charge < -0.3 is 5.32 Å². The highest BCUT2D eigenvalue weighted by atomic mass is 32.1. The number of aryl methyl sites for hydroxylation is 3. The normalized spacial score (nSPS) is 11.8. The summed E-state index contributed by atoms with van der Waals surface area (Å²) in [5, 5.41) is 8.42. The predicted molar refractivity (Wildman–Crippen MR) is 108 cm³/mol. The zero-order valence-electron chi connectivity index (χ0n) is 16.2. The van der Waals surface area contributed by atoms with Crippen molar-refractivity contribution in [3.63, 3.8) is 0 Å². The Labute approximate surface area is 173 Å². The fourth-order valence-electron chi connectivity index (χ4n) is 3.10. The first-order chi connectivity index (χ1) is 14.1. The van der Waals surface area contributed by atoms with Gasteiger partial charge in [0, 0.05) is 18.0 Å². The van der Waals surface area contributed by atoms with E-state index in [0.29, 0.717) is 32.5 Å². The smallest absolute Gasteiger partial charge is 0.320 e. The van der Waals surface area contributed by atoms with Gasteiger partial charge in [0.05, 0.1) is 28.8 Å². The van der Waals surface area contributed by atoms with Crippen LogP contribution in [0, 0.1) is 13.8 Å². The fraction of sp³-hybridized carbons (Fsp3) is 0.200. The molecule has 0 aliphatic carbocycles. The molecule has 0 aliphatic rings. The number of rotatable bonds is 3. The SMILES string of the molecule is Cc1nc(-c2ccc(C(F)(F)F)cc2)sc1C(=O)Nc1cnc2c(c1)c(C)nn2C. The van der Waals surface area contributed by atoms with Crippen molar-refractivity contribution in [1.82, 2.24) is 19.7 Å². The maximum absolute atomic E-state index is 12.8. The van der Waals surface area contributed by atoms with Crippen molar-refractivity contribution in [2.75, 3.05) is 5.32 Å². The topological polar surface area (TPSA) is 72.7 Å². The first-order valence-corrected chi connectivity index (χ1v) is 9.71. The third-order valence-corrected chi connectivity index (χ3v) is 5.79. The molecule has 4 aromatic rings. The lowest BCUT2D eigenvalue weighted by molar-refractivity contribution is -0.137. The van der Waals surface area contributed by atoms with E-state index in [1.165, 1.54) is 12.1 Å². The fourth-order valence-corrected chi connectivity index (χ4v) is 4.06. The Morgan fingerprint density at radius 2 is 1.83 bits per heavy atom. The van der Waals surface area contributed by atoms with E-state index in [2.05, 4.69) is 20.4 Å². The van der Waals surface area contributed by atoms with E-state index in [-0.39, 0.29) is 5.91 Å². The van der Waals surface area contributed by atoms with E-state index >= 15 is 0 Å². The van der Waals surface area contributed by atoms with Crippen molar-refractivity contribution >= 4 is 34.0 Å². The maximum Gasteiger partial charge on any atom is 0.416 e. The number of aromatic nitrogens is 4. The second-order valence-electron chi connectivity index (χ2n) is 6.77. The number of pyridine rings is 1. The highest BCUT2D eigenvalue weighted by Crippen LogP contribution is 2.33. The summed E-state index contributed by atoms with van der Waals surface area (Å²) in [6.07, 6.45) is -2.85. The minimum atomic E-state index is -4.40. The zero-order valence-corrected chi connectivity index (χ0v) is 17.0. The molecule has 3 heterocycles. The molecular weight excluding hydrogens is 415 g/mol. The van der Waals surface area contributed by atoms with Gasteiger partial charge in [-0.2, -0.15) is 18.3 Å². The molecule has 0 saturated heterocycles. The molecule has 0 fully saturated rings. The number of carbonyl (C=O) groups excluding carboxylic acids is 1. The number of hydrogen-bond acceptors (Lipinski definition) is 5. The molecule has 4 rings (SSSR count). The molecule has 0 spiro atoms. The summed E-state index contributed by atoms with van der Waals surface area (Å²) in [7, 11) is 1.80. The van der Waals surface area contributed by atoms with E-state index in [9.17, 15) is 18.0 Å². The van der Waals surface area contributed by atoms with Crippen molar-refractivity contribution in [2.45, 2.75) is 20.0 Å². The largest absolute Gasteiger partial charge is 0.416 e. The molecule has 10 heteroatoms. The number of fused-ring (bicyclic) bond motifs is 1. The number of halogens is 3. The van der Waals surface area contributed by atoms with Crippen molar-refractivity contribution in [1.29, 1.82) is 0 Å². The Hall–Kier alpha value is -3.27. The highest BCUT2D eigenvalue weighted by Gasteiger charge is 2.30. The molecule has 6 nitrogen and oxygen atoms in total. The molecule has 30 heavy (non-hydrogen) atoms. The highest BCUT2D eigenvalue weighted by molar-refractivity contribution is 7.17. The van der Waals surface area contributed by atoms with Crippen LogP contribution in [-0.2, 0) is 13.2 Å². The summed E-state index contributed by atoms with van der Waals surface area (Å²) in [5.74, 6) is -0.356. The summed E-state index contributed by atoms with van der Waals surface area (Å²) in [6.45, 7) is 3.55.